The van der Waals surface area contributed by atoms with Crippen molar-refractivity contribution in [1.82, 2.24) is 15.1 Å². The molecule has 1 aromatic heterocycles. The molecule has 2 heterocycles. The number of piperidine rings is 1. The maximum absolute atomic E-state index is 12.5. The van der Waals surface area contributed by atoms with Gasteiger partial charge in [0.05, 0.1) is 6.42 Å². The summed E-state index contributed by atoms with van der Waals surface area (Å²) in [6.07, 6.45) is 2.18. The molecule has 0 unspecified atom stereocenters. The van der Waals surface area contributed by atoms with Crippen LogP contribution in [-0.2, 0) is 11.2 Å². The zero-order valence-electron chi connectivity index (χ0n) is 15.5. The van der Waals surface area contributed by atoms with E-state index in [1.165, 1.54) is 0 Å². The van der Waals surface area contributed by atoms with Crippen molar-refractivity contribution in [3.63, 3.8) is 0 Å². The predicted molar refractivity (Wildman–Crippen MR) is 103 cm³/mol. The highest BCUT2D eigenvalue weighted by molar-refractivity contribution is 5.78. The third kappa shape index (κ3) is 3.92. The number of likely N-dealkylation sites (tertiary alicyclic amines) is 1. The van der Waals surface area contributed by atoms with Crippen molar-refractivity contribution in [2.24, 2.45) is 0 Å². The van der Waals surface area contributed by atoms with Gasteiger partial charge in [-0.15, -0.1) is 10.2 Å². The first kappa shape index (κ1) is 17.5. The number of nitrogens with zero attached hydrogens (tertiary/aromatic N) is 3. The van der Waals surface area contributed by atoms with Gasteiger partial charge in [-0.25, -0.2) is 0 Å². The normalized spacial score (nSPS) is 15.1. The van der Waals surface area contributed by atoms with Gasteiger partial charge in [-0.05, 0) is 37.0 Å². The first-order valence-corrected chi connectivity index (χ1v) is 9.42. The highest BCUT2D eigenvalue weighted by Crippen LogP contribution is 2.30. The summed E-state index contributed by atoms with van der Waals surface area (Å²) in [5.74, 6) is 1.66. The summed E-state index contributed by atoms with van der Waals surface area (Å²) < 4.78 is 5.96. The number of carbonyl (C=O) groups excluding carboxylic acids is 1. The van der Waals surface area contributed by atoms with E-state index in [0.717, 1.165) is 42.6 Å². The van der Waals surface area contributed by atoms with Gasteiger partial charge in [0.25, 0.3) is 0 Å². The largest absolute Gasteiger partial charge is 0.420 e. The molecule has 5 nitrogen and oxygen atoms in total. The zero-order valence-corrected chi connectivity index (χ0v) is 15.5. The Bertz CT molecular complexity index is 912. The summed E-state index contributed by atoms with van der Waals surface area (Å²) in [6.45, 7) is 3.51. The third-order valence-electron chi connectivity index (χ3n) is 5.21. The molecular formula is C22H23N3O2. The monoisotopic (exact) mass is 361 g/mol. The molecule has 0 N–H and O–H groups in total. The molecule has 138 valence electrons. The fourth-order valence-electron chi connectivity index (χ4n) is 3.58. The number of aromatic nitrogens is 2. The van der Waals surface area contributed by atoms with E-state index in [4.69, 9.17) is 4.42 Å². The van der Waals surface area contributed by atoms with Gasteiger partial charge in [0.2, 0.25) is 17.7 Å². The van der Waals surface area contributed by atoms with Crippen LogP contribution in [0.2, 0.25) is 0 Å². The smallest absolute Gasteiger partial charge is 0.248 e. The first-order valence-electron chi connectivity index (χ1n) is 9.42. The Morgan fingerprint density at radius 1 is 1.04 bits per heavy atom. The summed E-state index contributed by atoms with van der Waals surface area (Å²) in [4.78, 5) is 14.5. The number of carbonyl (C=O) groups is 1. The van der Waals surface area contributed by atoms with Crippen LogP contribution in [0.4, 0.5) is 0 Å². The number of aryl methyl sites for hydroxylation is 1. The van der Waals surface area contributed by atoms with Crippen molar-refractivity contribution in [3.8, 4) is 11.5 Å². The maximum atomic E-state index is 12.5. The second-order valence-corrected chi connectivity index (χ2v) is 7.08. The van der Waals surface area contributed by atoms with Gasteiger partial charge >= 0.3 is 0 Å². The van der Waals surface area contributed by atoms with E-state index >= 15 is 0 Å². The topological polar surface area (TPSA) is 59.2 Å². The molecule has 1 saturated heterocycles. The maximum Gasteiger partial charge on any atom is 0.248 e. The first-order chi connectivity index (χ1) is 13.2. The van der Waals surface area contributed by atoms with Crippen LogP contribution in [0.1, 0.15) is 35.8 Å². The zero-order chi connectivity index (χ0) is 18.6. The SMILES string of the molecule is Cc1ccccc1-c1nnc(C2CCN(C(=O)Cc3ccccc3)CC2)o1. The molecule has 3 aromatic rings. The average Bonchev–Trinajstić information content (AvgIpc) is 3.19. The van der Waals surface area contributed by atoms with Crippen LogP contribution in [0.15, 0.2) is 59.0 Å². The minimum Gasteiger partial charge on any atom is -0.420 e. The summed E-state index contributed by atoms with van der Waals surface area (Å²) in [5.41, 5.74) is 3.16. The van der Waals surface area contributed by atoms with Crippen LogP contribution < -0.4 is 0 Å². The van der Waals surface area contributed by atoms with Crippen molar-refractivity contribution in [2.45, 2.75) is 32.1 Å². The van der Waals surface area contributed by atoms with Gasteiger partial charge in [0.15, 0.2) is 0 Å². The second kappa shape index (κ2) is 7.74. The molecule has 1 amide bonds. The van der Waals surface area contributed by atoms with Crippen molar-refractivity contribution >= 4 is 5.91 Å². The summed E-state index contributed by atoms with van der Waals surface area (Å²) in [7, 11) is 0. The quantitative estimate of drug-likeness (QED) is 0.705. The predicted octanol–water partition coefficient (Wildman–Crippen LogP) is 3.99. The number of amides is 1. The molecule has 1 aliphatic heterocycles. The molecule has 1 fully saturated rings. The summed E-state index contributed by atoms with van der Waals surface area (Å²) in [5, 5.41) is 8.51. The molecule has 0 aliphatic carbocycles. The Morgan fingerprint density at radius 3 is 2.48 bits per heavy atom. The van der Waals surface area contributed by atoms with Crippen molar-refractivity contribution < 1.29 is 9.21 Å². The Kier molecular flexibility index (Phi) is 5.01. The number of rotatable bonds is 4. The van der Waals surface area contributed by atoms with E-state index < -0.39 is 0 Å². The van der Waals surface area contributed by atoms with E-state index in [1.54, 1.807) is 0 Å². The van der Waals surface area contributed by atoms with Crippen molar-refractivity contribution in [2.75, 3.05) is 13.1 Å². The van der Waals surface area contributed by atoms with Crippen LogP contribution in [0, 0.1) is 6.92 Å². The van der Waals surface area contributed by atoms with Crippen molar-refractivity contribution in [3.05, 3.63) is 71.6 Å². The van der Waals surface area contributed by atoms with Crippen LogP contribution in [0.3, 0.4) is 0 Å². The standard InChI is InChI=1S/C22H23N3O2/c1-16-7-5-6-10-19(16)22-24-23-21(27-22)18-11-13-25(14-12-18)20(26)15-17-8-3-2-4-9-17/h2-10,18H,11-15H2,1H3. The van der Waals surface area contributed by atoms with Gasteiger partial charge in [-0.1, -0.05) is 48.5 Å². The van der Waals surface area contributed by atoms with E-state index in [9.17, 15) is 4.79 Å². The average molecular weight is 361 g/mol. The van der Waals surface area contributed by atoms with E-state index in [-0.39, 0.29) is 11.8 Å². The molecule has 1 aliphatic rings. The number of hydrogen-bond acceptors (Lipinski definition) is 4. The minimum absolute atomic E-state index is 0.186. The van der Waals surface area contributed by atoms with Gasteiger partial charge < -0.3 is 9.32 Å². The Morgan fingerprint density at radius 2 is 1.74 bits per heavy atom. The van der Waals surface area contributed by atoms with Crippen LogP contribution >= 0.6 is 0 Å². The van der Waals surface area contributed by atoms with Crippen molar-refractivity contribution in [1.29, 1.82) is 0 Å². The molecule has 0 spiro atoms. The molecule has 5 heteroatoms. The lowest BCUT2D eigenvalue weighted by Crippen LogP contribution is -2.38. The fraction of sp³-hybridized carbons (Fsp3) is 0.318. The minimum atomic E-state index is 0.186. The molecule has 0 saturated carbocycles. The lowest BCUT2D eigenvalue weighted by molar-refractivity contribution is -0.131. The van der Waals surface area contributed by atoms with Crippen LogP contribution in [-0.4, -0.2) is 34.1 Å². The van der Waals surface area contributed by atoms with E-state index in [0.29, 0.717) is 18.2 Å². The number of benzene rings is 2. The molecular weight excluding hydrogens is 338 g/mol. The van der Waals surface area contributed by atoms with Crippen LogP contribution in [0.5, 0.6) is 0 Å². The highest BCUT2D eigenvalue weighted by Gasteiger charge is 2.27. The fourth-order valence-corrected chi connectivity index (χ4v) is 3.58. The van der Waals surface area contributed by atoms with Gasteiger partial charge in [-0.2, -0.15) is 0 Å². The highest BCUT2D eigenvalue weighted by atomic mass is 16.4. The lowest BCUT2D eigenvalue weighted by Gasteiger charge is -2.30. The van der Waals surface area contributed by atoms with E-state index in [1.807, 2.05) is 66.4 Å². The Balaban J connectivity index is 1.37. The molecule has 2 aromatic carbocycles. The van der Waals surface area contributed by atoms with E-state index in [2.05, 4.69) is 10.2 Å². The molecule has 4 rings (SSSR count). The Hall–Kier alpha value is -2.95. The number of hydrogen-bond donors (Lipinski definition) is 0. The van der Waals surface area contributed by atoms with Gasteiger partial charge in [-0.3, -0.25) is 4.79 Å². The summed E-state index contributed by atoms with van der Waals surface area (Å²) >= 11 is 0. The second-order valence-electron chi connectivity index (χ2n) is 7.08. The third-order valence-corrected chi connectivity index (χ3v) is 5.21. The molecule has 0 bridgehead atoms. The lowest BCUT2D eigenvalue weighted by atomic mass is 9.96. The molecule has 0 atom stereocenters. The molecule has 0 radical (unpaired) electrons. The Labute approximate surface area is 159 Å². The summed E-state index contributed by atoms with van der Waals surface area (Å²) in [6, 6.07) is 17.9. The van der Waals surface area contributed by atoms with Crippen LogP contribution in [0.25, 0.3) is 11.5 Å². The van der Waals surface area contributed by atoms with Gasteiger partial charge in [0.1, 0.15) is 0 Å². The molecule has 27 heavy (non-hydrogen) atoms. The van der Waals surface area contributed by atoms with Gasteiger partial charge in [0, 0.05) is 24.6 Å².